The van der Waals surface area contributed by atoms with Crippen molar-refractivity contribution in [3.63, 3.8) is 0 Å². The third-order valence-corrected chi connectivity index (χ3v) is 5.76. The first-order chi connectivity index (χ1) is 8.94. The molecule has 9 heteroatoms. The van der Waals surface area contributed by atoms with Gasteiger partial charge in [0.25, 0.3) is 10.0 Å². The fraction of sp³-hybridized carbons (Fsp3) is 0.600. The largest absolute Gasteiger partial charge is 0.464 e. The number of likely N-dealkylation sites (N-methyl/N-ethyl adjacent to an activating group) is 1. The summed E-state index contributed by atoms with van der Waals surface area (Å²) in [5.41, 5.74) is 1.16. The number of esters is 1. The van der Waals surface area contributed by atoms with Crippen LogP contribution in [0.5, 0.6) is 0 Å². The minimum absolute atomic E-state index is 0.0890. The lowest BCUT2D eigenvalue weighted by molar-refractivity contribution is 0.0590. The molecule has 0 aromatic carbocycles. The number of likely N-dealkylation sites (tertiary alicyclic amines) is 1. The Morgan fingerprint density at radius 3 is 2.95 bits per heavy atom. The summed E-state index contributed by atoms with van der Waals surface area (Å²) >= 11 is 0.908. The normalized spacial score (nSPS) is 20.6. The summed E-state index contributed by atoms with van der Waals surface area (Å²) in [6.07, 6.45) is 0.752. The molecule has 7 nitrogen and oxygen atoms in total. The molecule has 2 rings (SSSR count). The first kappa shape index (κ1) is 14.4. The van der Waals surface area contributed by atoms with Crippen LogP contribution in [0, 0.1) is 0 Å². The fourth-order valence-corrected chi connectivity index (χ4v) is 4.37. The van der Waals surface area contributed by atoms with Gasteiger partial charge in [0.1, 0.15) is 0 Å². The number of ether oxygens (including phenoxy) is 1. The van der Waals surface area contributed by atoms with E-state index in [-0.39, 0.29) is 15.9 Å². The average Bonchev–Trinajstić information content (AvgIpc) is 2.97. The SMILES string of the molecule is COC(=O)c1ncsc1S(=O)(=O)NC1CCN(C)C1. The van der Waals surface area contributed by atoms with E-state index in [0.717, 1.165) is 24.3 Å². The van der Waals surface area contributed by atoms with Crippen molar-refractivity contribution >= 4 is 27.3 Å². The van der Waals surface area contributed by atoms with E-state index in [9.17, 15) is 13.2 Å². The van der Waals surface area contributed by atoms with Crippen LogP contribution in [-0.2, 0) is 14.8 Å². The highest BCUT2D eigenvalue weighted by molar-refractivity contribution is 7.91. The average molecular weight is 305 g/mol. The standard InChI is InChI=1S/C10H15N3O4S2/c1-13-4-3-7(5-13)12-19(15,16)10-8(9(14)17-2)11-6-18-10/h6-7,12H,3-5H2,1-2H3. The molecule has 1 aromatic heterocycles. The summed E-state index contributed by atoms with van der Waals surface area (Å²) < 4.78 is 31.5. The zero-order valence-electron chi connectivity index (χ0n) is 10.6. The van der Waals surface area contributed by atoms with Gasteiger partial charge in [0.15, 0.2) is 9.90 Å². The molecule has 0 aliphatic carbocycles. The lowest BCUT2D eigenvalue weighted by Gasteiger charge is -2.12. The van der Waals surface area contributed by atoms with E-state index in [4.69, 9.17) is 0 Å². The molecule has 1 atom stereocenters. The van der Waals surface area contributed by atoms with Crippen molar-refractivity contribution in [3.05, 3.63) is 11.2 Å². The predicted molar refractivity (Wildman–Crippen MR) is 69.7 cm³/mol. The van der Waals surface area contributed by atoms with Gasteiger partial charge in [-0.2, -0.15) is 0 Å². The molecule has 0 spiro atoms. The quantitative estimate of drug-likeness (QED) is 0.782. The van der Waals surface area contributed by atoms with E-state index in [1.165, 1.54) is 12.6 Å². The second-order valence-electron chi connectivity index (χ2n) is 4.35. The maximum Gasteiger partial charge on any atom is 0.358 e. The minimum Gasteiger partial charge on any atom is -0.464 e. The van der Waals surface area contributed by atoms with Crippen molar-refractivity contribution in [2.75, 3.05) is 27.2 Å². The Morgan fingerprint density at radius 1 is 1.63 bits per heavy atom. The van der Waals surface area contributed by atoms with Crippen molar-refractivity contribution in [2.45, 2.75) is 16.7 Å². The maximum absolute atomic E-state index is 12.2. The smallest absolute Gasteiger partial charge is 0.358 e. The molecular weight excluding hydrogens is 290 g/mol. The molecule has 0 radical (unpaired) electrons. The van der Waals surface area contributed by atoms with Gasteiger partial charge in [0.2, 0.25) is 0 Å². The number of nitrogens with zero attached hydrogens (tertiary/aromatic N) is 2. The van der Waals surface area contributed by atoms with Gasteiger partial charge in [-0.1, -0.05) is 0 Å². The molecule has 1 aromatic rings. The topological polar surface area (TPSA) is 88.6 Å². The number of carbonyl (C=O) groups is 1. The number of methoxy groups -OCH3 is 1. The second-order valence-corrected chi connectivity index (χ2v) is 7.11. The van der Waals surface area contributed by atoms with Crippen LogP contribution in [-0.4, -0.2) is 57.6 Å². The third-order valence-electron chi connectivity index (χ3n) is 2.87. The van der Waals surface area contributed by atoms with E-state index in [1.54, 1.807) is 0 Å². The number of rotatable bonds is 4. The first-order valence-corrected chi connectivity index (χ1v) is 8.03. The summed E-state index contributed by atoms with van der Waals surface area (Å²) in [4.78, 5) is 17.3. The van der Waals surface area contributed by atoms with Gasteiger partial charge in [0.05, 0.1) is 12.6 Å². The van der Waals surface area contributed by atoms with E-state index >= 15 is 0 Å². The molecule has 0 saturated carbocycles. The first-order valence-electron chi connectivity index (χ1n) is 5.66. The Balaban J connectivity index is 2.20. The van der Waals surface area contributed by atoms with Gasteiger partial charge in [-0.05, 0) is 20.0 Å². The predicted octanol–water partition coefficient (Wildman–Crippen LogP) is -0.0879. The van der Waals surface area contributed by atoms with Crippen LogP contribution in [0.1, 0.15) is 16.9 Å². The fourth-order valence-electron chi connectivity index (χ4n) is 1.96. The number of carbonyl (C=O) groups excluding carboxylic acids is 1. The van der Waals surface area contributed by atoms with Gasteiger partial charge in [0, 0.05) is 12.6 Å². The third kappa shape index (κ3) is 3.11. The number of aromatic nitrogens is 1. The Kier molecular flexibility index (Phi) is 4.19. The Bertz CT molecular complexity index is 569. The van der Waals surface area contributed by atoms with Crippen LogP contribution in [0.2, 0.25) is 0 Å². The van der Waals surface area contributed by atoms with Crippen molar-refractivity contribution in [2.24, 2.45) is 0 Å². The van der Waals surface area contributed by atoms with E-state index < -0.39 is 16.0 Å². The maximum atomic E-state index is 12.2. The lowest BCUT2D eigenvalue weighted by atomic mass is 10.3. The van der Waals surface area contributed by atoms with Crippen LogP contribution < -0.4 is 4.72 Å². The van der Waals surface area contributed by atoms with Crippen molar-refractivity contribution in [1.82, 2.24) is 14.6 Å². The molecule has 106 valence electrons. The molecular formula is C10H15N3O4S2. The van der Waals surface area contributed by atoms with Gasteiger partial charge in [-0.25, -0.2) is 22.9 Å². The Labute approximate surface area is 115 Å². The molecule has 1 aliphatic heterocycles. The van der Waals surface area contributed by atoms with E-state index in [0.29, 0.717) is 6.54 Å². The number of hydrogen-bond donors (Lipinski definition) is 1. The molecule has 1 aliphatic rings. The van der Waals surface area contributed by atoms with Crippen LogP contribution in [0.15, 0.2) is 9.72 Å². The zero-order chi connectivity index (χ0) is 14.0. The molecule has 1 saturated heterocycles. The number of hydrogen-bond acceptors (Lipinski definition) is 7. The highest BCUT2D eigenvalue weighted by Gasteiger charge is 2.30. The summed E-state index contributed by atoms with van der Waals surface area (Å²) in [5.74, 6) is -0.745. The summed E-state index contributed by atoms with van der Waals surface area (Å²) in [7, 11) is -0.608. The van der Waals surface area contributed by atoms with Gasteiger partial charge in [-0.15, -0.1) is 11.3 Å². The summed E-state index contributed by atoms with van der Waals surface area (Å²) in [6, 6.07) is -0.136. The minimum atomic E-state index is -3.73. The molecule has 1 N–H and O–H groups in total. The number of thiazole rings is 1. The Morgan fingerprint density at radius 2 is 2.37 bits per heavy atom. The molecule has 0 bridgehead atoms. The Hall–Kier alpha value is -1.03. The summed E-state index contributed by atoms with van der Waals surface area (Å²) in [6.45, 7) is 1.51. The number of nitrogens with one attached hydrogen (secondary N) is 1. The monoisotopic (exact) mass is 305 g/mol. The van der Waals surface area contributed by atoms with Crippen LogP contribution >= 0.6 is 11.3 Å². The number of sulfonamides is 1. The van der Waals surface area contributed by atoms with Crippen LogP contribution in [0.3, 0.4) is 0 Å². The highest BCUT2D eigenvalue weighted by Crippen LogP contribution is 2.22. The molecule has 0 amide bonds. The zero-order valence-corrected chi connectivity index (χ0v) is 12.3. The molecule has 2 heterocycles. The molecule has 1 fully saturated rings. The second kappa shape index (κ2) is 5.53. The van der Waals surface area contributed by atoms with Gasteiger partial charge in [-0.3, -0.25) is 0 Å². The lowest BCUT2D eigenvalue weighted by Crippen LogP contribution is -2.36. The molecule has 19 heavy (non-hydrogen) atoms. The van der Waals surface area contributed by atoms with Gasteiger partial charge < -0.3 is 9.64 Å². The van der Waals surface area contributed by atoms with Crippen molar-refractivity contribution < 1.29 is 17.9 Å². The van der Waals surface area contributed by atoms with Gasteiger partial charge >= 0.3 is 5.97 Å². The van der Waals surface area contributed by atoms with E-state index in [2.05, 4.69) is 14.4 Å². The molecule has 1 unspecified atom stereocenters. The van der Waals surface area contributed by atoms with Crippen molar-refractivity contribution in [3.8, 4) is 0 Å². The summed E-state index contributed by atoms with van der Waals surface area (Å²) in [5, 5.41) is 0. The van der Waals surface area contributed by atoms with E-state index in [1.807, 2.05) is 11.9 Å². The van der Waals surface area contributed by atoms with Crippen LogP contribution in [0.4, 0.5) is 0 Å². The highest BCUT2D eigenvalue weighted by atomic mass is 32.2. The van der Waals surface area contributed by atoms with Crippen LogP contribution in [0.25, 0.3) is 0 Å². The van der Waals surface area contributed by atoms with Crippen molar-refractivity contribution in [1.29, 1.82) is 0 Å².